The number of ketones is 1. The highest BCUT2D eigenvalue weighted by molar-refractivity contribution is 6.31. The summed E-state index contributed by atoms with van der Waals surface area (Å²) >= 11 is 6.12. The quantitative estimate of drug-likeness (QED) is 0.785. The standard InChI is InChI=1S/C17H19ClFN3O/c1-21-10-13(9-20-21)17(23)8-15-3-2-6-22(15)11-12-4-5-14(19)7-16(12)18/h4-5,7,9-10,15H,2-3,6,8,11H2,1H3/t15-/m1/s1. The highest BCUT2D eigenvalue weighted by Crippen LogP contribution is 2.26. The van der Waals surface area contributed by atoms with Crippen LogP contribution in [0.25, 0.3) is 0 Å². The van der Waals surface area contributed by atoms with Gasteiger partial charge < -0.3 is 0 Å². The molecule has 1 atom stereocenters. The summed E-state index contributed by atoms with van der Waals surface area (Å²) in [6.07, 6.45) is 5.88. The fraction of sp³-hybridized carbons (Fsp3) is 0.412. The lowest BCUT2D eigenvalue weighted by Gasteiger charge is -2.24. The van der Waals surface area contributed by atoms with E-state index in [9.17, 15) is 9.18 Å². The normalized spacial score (nSPS) is 18.5. The zero-order chi connectivity index (χ0) is 16.4. The summed E-state index contributed by atoms with van der Waals surface area (Å²) in [7, 11) is 1.80. The van der Waals surface area contributed by atoms with Crippen LogP contribution >= 0.6 is 11.6 Å². The Labute approximate surface area is 139 Å². The third-order valence-electron chi connectivity index (χ3n) is 4.34. The van der Waals surface area contributed by atoms with Crippen molar-refractivity contribution in [3.05, 3.63) is 52.6 Å². The van der Waals surface area contributed by atoms with Crippen LogP contribution in [-0.4, -0.2) is 33.1 Å². The van der Waals surface area contributed by atoms with Gasteiger partial charge in [0.25, 0.3) is 0 Å². The van der Waals surface area contributed by atoms with Gasteiger partial charge in [0.05, 0.1) is 11.8 Å². The van der Waals surface area contributed by atoms with Gasteiger partial charge in [-0.15, -0.1) is 0 Å². The van der Waals surface area contributed by atoms with Crippen molar-refractivity contribution in [2.24, 2.45) is 7.05 Å². The number of rotatable bonds is 5. The van der Waals surface area contributed by atoms with E-state index in [4.69, 9.17) is 11.6 Å². The van der Waals surface area contributed by atoms with Gasteiger partial charge in [0.15, 0.2) is 5.78 Å². The van der Waals surface area contributed by atoms with Crippen LogP contribution in [0.2, 0.25) is 5.02 Å². The van der Waals surface area contributed by atoms with E-state index in [1.807, 2.05) is 0 Å². The Kier molecular flexibility index (Phi) is 4.78. The van der Waals surface area contributed by atoms with Crippen LogP contribution in [0.1, 0.15) is 35.2 Å². The van der Waals surface area contributed by atoms with Crippen molar-refractivity contribution in [1.29, 1.82) is 0 Å². The van der Waals surface area contributed by atoms with Gasteiger partial charge in [0.2, 0.25) is 0 Å². The number of nitrogens with zero attached hydrogens (tertiary/aromatic N) is 3. The number of carbonyl (C=O) groups excluding carboxylic acids is 1. The minimum absolute atomic E-state index is 0.111. The van der Waals surface area contributed by atoms with Crippen LogP contribution in [0, 0.1) is 5.82 Å². The fourth-order valence-electron chi connectivity index (χ4n) is 3.10. The maximum atomic E-state index is 13.1. The number of aryl methyl sites for hydroxylation is 1. The van der Waals surface area contributed by atoms with E-state index in [1.54, 1.807) is 30.2 Å². The molecule has 0 N–H and O–H groups in total. The lowest BCUT2D eigenvalue weighted by atomic mass is 10.0. The molecule has 6 heteroatoms. The second kappa shape index (κ2) is 6.81. The van der Waals surface area contributed by atoms with E-state index >= 15 is 0 Å². The van der Waals surface area contributed by atoms with Gasteiger partial charge in [0.1, 0.15) is 5.82 Å². The average molecular weight is 336 g/mol. The Balaban J connectivity index is 1.66. The van der Waals surface area contributed by atoms with Gasteiger partial charge in [0, 0.05) is 37.3 Å². The van der Waals surface area contributed by atoms with Crippen molar-refractivity contribution in [1.82, 2.24) is 14.7 Å². The van der Waals surface area contributed by atoms with Gasteiger partial charge in [-0.05, 0) is 37.1 Å². The second-order valence-electron chi connectivity index (χ2n) is 6.03. The van der Waals surface area contributed by atoms with E-state index in [-0.39, 0.29) is 17.6 Å². The van der Waals surface area contributed by atoms with Gasteiger partial charge in [-0.1, -0.05) is 17.7 Å². The summed E-state index contributed by atoms with van der Waals surface area (Å²) in [5, 5.41) is 4.49. The molecule has 1 aromatic heterocycles. The second-order valence-corrected chi connectivity index (χ2v) is 6.44. The molecular weight excluding hydrogens is 317 g/mol. The van der Waals surface area contributed by atoms with Crippen molar-refractivity contribution in [3.8, 4) is 0 Å². The predicted octanol–water partition coefficient (Wildman–Crippen LogP) is 3.45. The third kappa shape index (κ3) is 3.79. The number of hydrogen-bond acceptors (Lipinski definition) is 3. The topological polar surface area (TPSA) is 38.1 Å². The molecule has 1 aromatic carbocycles. The van der Waals surface area contributed by atoms with Crippen LogP contribution in [-0.2, 0) is 13.6 Å². The molecule has 1 saturated heterocycles. The predicted molar refractivity (Wildman–Crippen MR) is 87.0 cm³/mol. The number of likely N-dealkylation sites (tertiary alicyclic amines) is 1. The summed E-state index contributed by atoms with van der Waals surface area (Å²) in [6.45, 7) is 1.57. The minimum atomic E-state index is -0.330. The molecule has 1 aliphatic rings. The van der Waals surface area contributed by atoms with Gasteiger partial charge in [-0.25, -0.2) is 4.39 Å². The molecule has 0 saturated carbocycles. The van der Waals surface area contributed by atoms with Crippen molar-refractivity contribution >= 4 is 17.4 Å². The fourth-order valence-corrected chi connectivity index (χ4v) is 3.33. The maximum absolute atomic E-state index is 13.1. The van der Waals surface area contributed by atoms with E-state index in [1.165, 1.54) is 12.1 Å². The van der Waals surface area contributed by atoms with Gasteiger partial charge in [-0.2, -0.15) is 5.10 Å². The Bertz CT molecular complexity index is 716. The van der Waals surface area contributed by atoms with E-state index < -0.39 is 0 Å². The molecule has 122 valence electrons. The van der Waals surface area contributed by atoms with Crippen LogP contribution < -0.4 is 0 Å². The Morgan fingerprint density at radius 3 is 3.00 bits per heavy atom. The first-order chi connectivity index (χ1) is 11.0. The molecule has 3 rings (SSSR count). The first-order valence-corrected chi connectivity index (χ1v) is 8.10. The molecular formula is C17H19ClFN3O. The van der Waals surface area contributed by atoms with Crippen molar-refractivity contribution in [2.75, 3.05) is 6.54 Å². The smallest absolute Gasteiger partial charge is 0.167 e. The van der Waals surface area contributed by atoms with Crippen LogP contribution in [0.4, 0.5) is 4.39 Å². The molecule has 0 spiro atoms. The van der Waals surface area contributed by atoms with Crippen LogP contribution in [0.15, 0.2) is 30.6 Å². The molecule has 0 amide bonds. The molecule has 1 fully saturated rings. The zero-order valence-electron chi connectivity index (χ0n) is 13.0. The van der Waals surface area contributed by atoms with E-state index in [2.05, 4.69) is 10.00 Å². The van der Waals surface area contributed by atoms with Crippen molar-refractivity contribution in [3.63, 3.8) is 0 Å². The summed E-state index contributed by atoms with van der Waals surface area (Å²) in [5.41, 5.74) is 1.55. The summed E-state index contributed by atoms with van der Waals surface area (Å²) in [5.74, 6) is -0.219. The third-order valence-corrected chi connectivity index (χ3v) is 4.69. The molecule has 0 aliphatic carbocycles. The summed E-state index contributed by atoms with van der Waals surface area (Å²) < 4.78 is 14.8. The Morgan fingerprint density at radius 1 is 1.48 bits per heavy atom. The molecule has 0 bridgehead atoms. The Hall–Kier alpha value is -1.72. The molecule has 1 aliphatic heterocycles. The molecule has 2 heterocycles. The number of carbonyl (C=O) groups is 1. The number of halogens is 2. The molecule has 0 radical (unpaired) electrons. The van der Waals surface area contributed by atoms with Crippen LogP contribution in [0.5, 0.6) is 0 Å². The first kappa shape index (κ1) is 16.1. The van der Waals surface area contributed by atoms with Gasteiger partial charge in [-0.3, -0.25) is 14.4 Å². The number of hydrogen-bond donors (Lipinski definition) is 0. The lowest BCUT2D eigenvalue weighted by Crippen LogP contribution is -2.31. The van der Waals surface area contributed by atoms with Crippen molar-refractivity contribution < 1.29 is 9.18 Å². The summed E-state index contributed by atoms with van der Waals surface area (Å²) in [6, 6.07) is 4.68. The lowest BCUT2D eigenvalue weighted by molar-refractivity contribution is 0.0938. The highest BCUT2D eigenvalue weighted by atomic mass is 35.5. The first-order valence-electron chi connectivity index (χ1n) is 7.73. The molecule has 2 aromatic rings. The molecule has 4 nitrogen and oxygen atoms in total. The molecule has 0 unspecified atom stereocenters. The monoisotopic (exact) mass is 335 g/mol. The van der Waals surface area contributed by atoms with Crippen LogP contribution in [0.3, 0.4) is 0 Å². The summed E-state index contributed by atoms with van der Waals surface area (Å²) in [4.78, 5) is 14.6. The van der Waals surface area contributed by atoms with Gasteiger partial charge >= 0.3 is 0 Å². The average Bonchev–Trinajstić information content (AvgIpc) is 3.11. The SMILES string of the molecule is Cn1cc(C(=O)C[C@H]2CCCN2Cc2ccc(F)cc2Cl)cn1. The largest absolute Gasteiger partial charge is 0.296 e. The zero-order valence-corrected chi connectivity index (χ0v) is 13.8. The minimum Gasteiger partial charge on any atom is -0.296 e. The number of aromatic nitrogens is 2. The van der Waals surface area contributed by atoms with Crippen molar-refractivity contribution in [2.45, 2.75) is 31.8 Å². The molecule has 23 heavy (non-hydrogen) atoms. The highest BCUT2D eigenvalue weighted by Gasteiger charge is 2.27. The maximum Gasteiger partial charge on any atom is 0.167 e. The van der Waals surface area contributed by atoms with E-state index in [0.29, 0.717) is 23.6 Å². The number of Topliss-reactive ketones (excluding diaryl/α,β-unsaturated/α-hetero) is 1. The number of benzene rings is 1. The Morgan fingerprint density at radius 2 is 2.30 bits per heavy atom. The van der Waals surface area contributed by atoms with E-state index in [0.717, 1.165) is 24.9 Å².